The first kappa shape index (κ1) is 11.9. The molecule has 1 aromatic carbocycles. The Labute approximate surface area is 108 Å². The number of carbonyl (C=O) groups excluding carboxylic acids is 1. The molecule has 0 atom stereocenters. The Morgan fingerprint density at radius 1 is 1.35 bits per heavy atom. The van der Waals surface area contributed by atoms with E-state index >= 15 is 0 Å². The van der Waals surface area contributed by atoms with Gasteiger partial charge in [-0.3, -0.25) is 4.79 Å². The fourth-order valence-electron chi connectivity index (χ4n) is 1.30. The summed E-state index contributed by atoms with van der Waals surface area (Å²) < 4.78 is 0.470. The van der Waals surface area contributed by atoms with Crippen LogP contribution < -0.4 is 5.32 Å². The molecule has 86 valence electrons. The van der Waals surface area contributed by atoms with Crippen LogP contribution >= 0.6 is 24.0 Å². The first-order valence-corrected chi connectivity index (χ1v) is 6.09. The predicted molar refractivity (Wildman–Crippen MR) is 73.6 cm³/mol. The Morgan fingerprint density at radius 2 is 2.12 bits per heavy atom. The molecule has 1 saturated heterocycles. The first-order chi connectivity index (χ1) is 8.16. The molecule has 0 saturated carbocycles. The Balaban J connectivity index is 2.13. The normalized spacial score (nSPS) is 18.0. The summed E-state index contributed by atoms with van der Waals surface area (Å²) >= 11 is 6.10. The van der Waals surface area contributed by atoms with E-state index in [1.807, 2.05) is 6.07 Å². The second-order valence-corrected chi connectivity index (χ2v) is 5.01. The van der Waals surface area contributed by atoms with E-state index in [2.05, 4.69) is 5.32 Å². The molecule has 0 radical (unpaired) electrons. The maximum absolute atomic E-state index is 11.3. The third-order valence-corrected chi connectivity index (χ3v) is 3.28. The molecule has 1 amide bonds. The van der Waals surface area contributed by atoms with Crippen LogP contribution in [0.5, 0.6) is 5.75 Å². The second kappa shape index (κ2) is 5.16. The van der Waals surface area contributed by atoms with Crippen molar-refractivity contribution in [3.05, 3.63) is 46.9 Å². The van der Waals surface area contributed by atoms with Crippen molar-refractivity contribution in [2.24, 2.45) is 0 Å². The third kappa shape index (κ3) is 2.95. The topological polar surface area (TPSA) is 49.3 Å². The SMILES string of the molecule is O=C1NC(=S)SC1=CC=Cc1ccccc1O. The highest BCUT2D eigenvalue weighted by Crippen LogP contribution is 2.24. The predicted octanol–water partition coefficient (Wildman–Crippen LogP) is 2.44. The molecule has 0 spiro atoms. The maximum atomic E-state index is 11.3. The molecule has 2 rings (SSSR count). The molecule has 1 heterocycles. The van der Waals surface area contributed by atoms with Gasteiger partial charge >= 0.3 is 0 Å². The van der Waals surface area contributed by atoms with Gasteiger partial charge in [-0.1, -0.05) is 54.3 Å². The van der Waals surface area contributed by atoms with Crippen LogP contribution in [-0.2, 0) is 4.79 Å². The van der Waals surface area contributed by atoms with Crippen molar-refractivity contribution in [1.29, 1.82) is 0 Å². The van der Waals surface area contributed by atoms with Crippen LogP contribution in [0.4, 0.5) is 0 Å². The van der Waals surface area contributed by atoms with Crippen molar-refractivity contribution in [2.45, 2.75) is 0 Å². The number of phenols is 1. The van der Waals surface area contributed by atoms with E-state index in [1.165, 1.54) is 11.8 Å². The molecule has 0 aliphatic carbocycles. The number of phenolic OH excluding ortho intramolecular Hbond substituents is 1. The smallest absolute Gasteiger partial charge is 0.263 e. The Bertz CT molecular complexity index is 535. The quantitative estimate of drug-likeness (QED) is 0.635. The highest BCUT2D eigenvalue weighted by molar-refractivity contribution is 8.26. The number of hydrogen-bond acceptors (Lipinski definition) is 4. The van der Waals surface area contributed by atoms with Gasteiger partial charge in [0.1, 0.15) is 10.1 Å². The van der Waals surface area contributed by atoms with Gasteiger partial charge in [0.2, 0.25) is 0 Å². The van der Waals surface area contributed by atoms with Gasteiger partial charge in [-0.15, -0.1) is 0 Å². The largest absolute Gasteiger partial charge is 0.507 e. The van der Waals surface area contributed by atoms with Crippen LogP contribution in [0.3, 0.4) is 0 Å². The molecule has 1 fully saturated rings. The zero-order chi connectivity index (χ0) is 12.3. The summed E-state index contributed by atoms with van der Waals surface area (Å²) in [5.41, 5.74) is 0.704. The minimum absolute atomic E-state index is 0.179. The standard InChI is InChI=1S/C12H9NO2S2/c14-9-6-2-1-4-8(9)5-3-7-10-11(15)13-12(16)17-10/h1-7,14H,(H,13,15,16). The fraction of sp³-hybridized carbons (Fsp3) is 0. The van der Waals surface area contributed by atoms with Gasteiger partial charge in [0.05, 0.1) is 4.91 Å². The van der Waals surface area contributed by atoms with Crippen molar-refractivity contribution in [1.82, 2.24) is 5.32 Å². The first-order valence-electron chi connectivity index (χ1n) is 4.86. The Kier molecular flexibility index (Phi) is 3.61. The zero-order valence-corrected chi connectivity index (χ0v) is 10.3. The van der Waals surface area contributed by atoms with Crippen LogP contribution in [0.15, 0.2) is 41.3 Å². The number of hydrogen-bond donors (Lipinski definition) is 2. The molecule has 3 nitrogen and oxygen atoms in total. The number of amides is 1. The molecule has 1 aliphatic rings. The highest BCUT2D eigenvalue weighted by atomic mass is 32.2. The lowest BCUT2D eigenvalue weighted by atomic mass is 10.2. The van der Waals surface area contributed by atoms with E-state index in [-0.39, 0.29) is 11.7 Å². The number of para-hydroxylation sites is 1. The second-order valence-electron chi connectivity index (χ2n) is 3.29. The van der Waals surface area contributed by atoms with Crippen molar-refractivity contribution in [3.8, 4) is 5.75 Å². The molecule has 1 aliphatic heterocycles. The van der Waals surface area contributed by atoms with Crippen molar-refractivity contribution >= 4 is 40.3 Å². The van der Waals surface area contributed by atoms with Crippen molar-refractivity contribution < 1.29 is 9.90 Å². The van der Waals surface area contributed by atoms with Crippen LogP contribution in [0, 0.1) is 0 Å². The molecule has 0 bridgehead atoms. The molecule has 1 aromatic rings. The third-order valence-electron chi connectivity index (χ3n) is 2.10. The van der Waals surface area contributed by atoms with E-state index in [0.29, 0.717) is 14.8 Å². The van der Waals surface area contributed by atoms with Gasteiger partial charge in [-0.05, 0) is 12.1 Å². The number of thioether (sulfide) groups is 1. The summed E-state index contributed by atoms with van der Waals surface area (Å²) in [5.74, 6) is 0.0307. The van der Waals surface area contributed by atoms with Crippen molar-refractivity contribution in [2.75, 3.05) is 0 Å². The van der Waals surface area contributed by atoms with Crippen molar-refractivity contribution in [3.63, 3.8) is 0 Å². The maximum Gasteiger partial charge on any atom is 0.263 e. The molecule has 0 aromatic heterocycles. The van der Waals surface area contributed by atoms with Gasteiger partial charge in [0, 0.05) is 5.56 Å². The minimum atomic E-state index is -0.179. The lowest BCUT2D eigenvalue weighted by Crippen LogP contribution is -2.17. The van der Waals surface area contributed by atoms with Gasteiger partial charge < -0.3 is 10.4 Å². The Hall–Kier alpha value is -1.59. The number of nitrogens with one attached hydrogen (secondary N) is 1. The summed E-state index contributed by atoms with van der Waals surface area (Å²) in [5, 5.41) is 12.1. The molecule has 2 N–H and O–H groups in total. The fourth-order valence-corrected chi connectivity index (χ4v) is 2.30. The number of carbonyl (C=O) groups is 1. The lowest BCUT2D eigenvalue weighted by molar-refractivity contribution is -0.115. The molecule has 17 heavy (non-hydrogen) atoms. The van der Waals surface area contributed by atoms with E-state index in [9.17, 15) is 9.90 Å². The van der Waals surface area contributed by atoms with Crippen LogP contribution in [-0.4, -0.2) is 15.3 Å². The molecular weight excluding hydrogens is 254 g/mol. The van der Waals surface area contributed by atoms with Crippen LogP contribution in [0.2, 0.25) is 0 Å². The summed E-state index contributed by atoms with van der Waals surface area (Å²) in [6.45, 7) is 0. The lowest BCUT2D eigenvalue weighted by Gasteiger charge is -1.95. The molecule has 0 unspecified atom stereocenters. The van der Waals surface area contributed by atoms with E-state index in [1.54, 1.807) is 36.4 Å². The average molecular weight is 263 g/mol. The summed E-state index contributed by atoms with van der Waals surface area (Å²) in [7, 11) is 0. The zero-order valence-electron chi connectivity index (χ0n) is 8.71. The van der Waals surface area contributed by atoms with Gasteiger partial charge in [0.15, 0.2) is 0 Å². The number of rotatable bonds is 2. The van der Waals surface area contributed by atoms with Gasteiger partial charge in [-0.25, -0.2) is 0 Å². The number of aromatic hydroxyl groups is 1. The van der Waals surface area contributed by atoms with Gasteiger partial charge in [-0.2, -0.15) is 0 Å². The minimum Gasteiger partial charge on any atom is -0.507 e. The monoisotopic (exact) mass is 263 g/mol. The molecule has 5 heteroatoms. The van der Waals surface area contributed by atoms with Crippen LogP contribution in [0.1, 0.15) is 5.56 Å². The van der Waals surface area contributed by atoms with Gasteiger partial charge in [0.25, 0.3) is 5.91 Å². The Morgan fingerprint density at radius 3 is 2.76 bits per heavy atom. The number of benzene rings is 1. The summed E-state index contributed by atoms with van der Waals surface area (Å²) in [6, 6.07) is 6.98. The summed E-state index contributed by atoms with van der Waals surface area (Å²) in [6.07, 6.45) is 5.12. The summed E-state index contributed by atoms with van der Waals surface area (Å²) in [4.78, 5) is 11.9. The average Bonchev–Trinajstić information content (AvgIpc) is 2.60. The number of allylic oxidation sites excluding steroid dienone is 2. The van der Waals surface area contributed by atoms with E-state index in [0.717, 1.165) is 0 Å². The van der Waals surface area contributed by atoms with E-state index in [4.69, 9.17) is 12.2 Å². The van der Waals surface area contributed by atoms with E-state index < -0.39 is 0 Å². The van der Waals surface area contributed by atoms with Crippen LogP contribution in [0.25, 0.3) is 6.08 Å². The highest BCUT2D eigenvalue weighted by Gasteiger charge is 2.20. The number of thiocarbonyl (C=S) groups is 1. The molecular formula is C12H9NO2S2.